The van der Waals surface area contributed by atoms with Gasteiger partial charge in [0.2, 0.25) is 10.0 Å². The molecule has 0 atom stereocenters. The molecule has 1 aromatic heterocycles. The summed E-state index contributed by atoms with van der Waals surface area (Å²) < 4.78 is 28.3. The van der Waals surface area contributed by atoms with Crippen LogP contribution in [0.25, 0.3) is 5.69 Å². The molecule has 1 amide bonds. The Labute approximate surface area is 188 Å². The first-order valence-corrected chi connectivity index (χ1v) is 12.2. The van der Waals surface area contributed by atoms with E-state index < -0.39 is 10.0 Å². The minimum Gasteiger partial charge on any atom is -0.321 e. The van der Waals surface area contributed by atoms with E-state index in [1.54, 1.807) is 24.3 Å². The van der Waals surface area contributed by atoms with Crippen LogP contribution < -0.4 is 10.0 Å². The largest absolute Gasteiger partial charge is 0.321 e. The number of amides is 1. The van der Waals surface area contributed by atoms with Crippen molar-refractivity contribution in [3.63, 3.8) is 0 Å². The molecule has 0 bridgehead atoms. The lowest BCUT2D eigenvalue weighted by molar-refractivity contribution is 0.102. The van der Waals surface area contributed by atoms with Crippen molar-refractivity contribution >= 4 is 21.6 Å². The van der Waals surface area contributed by atoms with Crippen molar-refractivity contribution in [3.8, 4) is 5.69 Å². The summed E-state index contributed by atoms with van der Waals surface area (Å²) in [4.78, 5) is 13.0. The van der Waals surface area contributed by atoms with Gasteiger partial charge in [0.15, 0.2) is 5.69 Å². The number of nitrogens with zero attached hydrogens (tertiary/aromatic N) is 2. The van der Waals surface area contributed by atoms with Gasteiger partial charge in [-0.05, 0) is 56.0 Å². The molecule has 0 fully saturated rings. The Kier molecular flexibility index (Phi) is 6.25. The molecular formula is C24H26N4O3S. The van der Waals surface area contributed by atoms with Crippen molar-refractivity contribution in [2.24, 2.45) is 0 Å². The van der Waals surface area contributed by atoms with E-state index in [9.17, 15) is 13.2 Å². The van der Waals surface area contributed by atoms with E-state index in [0.717, 1.165) is 36.2 Å². The summed E-state index contributed by atoms with van der Waals surface area (Å²) in [7, 11) is -3.43. The third-order valence-electron chi connectivity index (χ3n) is 5.44. The molecule has 0 radical (unpaired) electrons. The summed E-state index contributed by atoms with van der Waals surface area (Å²) in [5.41, 5.74) is 5.87. The van der Waals surface area contributed by atoms with E-state index in [0.29, 0.717) is 16.9 Å². The summed E-state index contributed by atoms with van der Waals surface area (Å²) in [6.45, 7) is 5.73. The van der Waals surface area contributed by atoms with E-state index in [-0.39, 0.29) is 18.2 Å². The molecule has 32 heavy (non-hydrogen) atoms. The Morgan fingerprint density at radius 3 is 2.53 bits per heavy atom. The molecule has 166 valence electrons. The summed E-state index contributed by atoms with van der Waals surface area (Å²) in [5.74, 6) is -0.397. The fourth-order valence-electron chi connectivity index (χ4n) is 3.85. The first kappa shape index (κ1) is 22.0. The maximum absolute atomic E-state index is 13.0. The van der Waals surface area contributed by atoms with Crippen LogP contribution in [0, 0.1) is 6.92 Å². The van der Waals surface area contributed by atoms with Gasteiger partial charge in [0, 0.05) is 23.5 Å². The van der Waals surface area contributed by atoms with E-state index >= 15 is 0 Å². The first-order valence-electron chi connectivity index (χ1n) is 10.5. The van der Waals surface area contributed by atoms with Gasteiger partial charge in [0.05, 0.1) is 11.4 Å². The van der Waals surface area contributed by atoms with Crippen molar-refractivity contribution in [3.05, 3.63) is 89.3 Å². The van der Waals surface area contributed by atoms with Gasteiger partial charge in [0.25, 0.3) is 5.91 Å². The highest BCUT2D eigenvalue weighted by Crippen LogP contribution is 2.28. The number of hydrogen-bond donors (Lipinski definition) is 2. The Morgan fingerprint density at radius 1 is 1.12 bits per heavy atom. The second kappa shape index (κ2) is 9.10. The molecule has 0 unspecified atom stereocenters. The van der Waals surface area contributed by atoms with Crippen LogP contribution in [0.5, 0.6) is 0 Å². The van der Waals surface area contributed by atoms with Crippen molar-refractivity contribution in [2.45, 2.75) is 31.9 Å². The predicted molar refractivity (Wildman–Crippen MR) is 126 cm³/mol. The normalized spacial score (nSPS) is 13.0. The summed E-state index contributed by atoms with van der Waals surface area (Å²) in [5, 5.41) is 7.52. The minimum atomic E-state index is -3.43. The van der Waals surface area contributed by atoms with Gasteiger partial charge >= 0.3 is 0 Å². The number of aryl methyl sites for hydroxylation is 1. The number of fused-ring (bicyclic) bond motifs is 1. The lowest BCUT2D eigenvalue weighted by Crippen LogP contribution is -2.25. The van der Waals surface area contributed by atoms with Gasteiger partial charge in [-0.1, -0.05) is 35.9 Å². The number of rotatable bonds is 8. The van der Waals surface area contributed by atoms with Crippen molar-refractivity contribution < 1.29 is 13.2 Å². The number of benzene rings is 2. The van der Waals surface area contributed by atoms with Gasteiger partial charge < -0.3 is 5.32 Å². The van der Waals surface area contributed by atoms with Crippen molar-refractivity contribution in [1.29, 1.82) is 0 Å². The SMILES string of the molecule is C=CCNS(=O)(=O)Cc1ccc(NC(=O)c2nn(-c3ccc(C)cc3)c3c2CCC3)cc1. The lowest BCUT2D eigenvalue weighted by Gasteiger charge is -2.08. The zero-order valence-corrected chi connectivity index (χ0v) is 18.8. The second-order valence-electron chi connectivity index (χ2n) is 7.92. The molecule has 0 aliphatic heterocycles. The molecule has 2 aromatic carbocycles. The zero-order chi connectivity index (χ0) is 22.7. The van der Waals surface area contributed by atoms with Gasteiger partial charge in [-0.15, -0.1) is 6.58 Å². The van der Waals surface area contributed by atoms with Crippen LogP contribution in [0.4, 0.5) is 5.69 Å². The molecular weight excluding hydrogens is 424 g/mol. The molecule has 1 aliphatic rings. The molecule has 0 saturated carbocycles. The van der Waals surface area contributed by atoms with Gasteiger partial charge in [-0.2, -0.15) is 5.10 Å². The number of carbonyl (C=O) groups excluding carboxylic acids is 1. The Balaban J connectivity index is 1.50. The van der Waals surface area contributed by atoms with E-state index in [1.807, 2.05) is 35.9 Å². The van der Waals surface area contributed by atoms with Crippen molar-refractivity contribution in [1.82, 2.24) is 14.5 Å². The van der Waals surface area contributed by atoms with Crippen LogP contribution in [0.3, 0.4) is 0 Å². The van der Waals surface area contributed by atoms with E-state index in [2.05, 4.69) is 21.7 Å². The fourth-order valence-corrected chi connectivity index (χ4v) is 4.96. The predicted octanol–water partition coefficient (Wildman–Crippen LogP) is 3.53. The molecule has 1 aliphatic carbocycles. The molecule has 8 heteroatoms. The monoisotopic (exact) mass is 450 g/mol. The highest BCUT2D eigenvalue weighted by Gasteiger charge is 2.27. The quantitative estimate of drug-likeness (QED) is 0.514. The second-order valence-corrected chi connectivity index (χ2v) is 9.73. The Hall–Kier alpha value is -3.23. The zero-order valence-electron chi connectivity index (χ0n) is 18.0. The maximum Gasteiger partial charge on any atom is 0.276 e. The molecule has 7 nitrogen and oxygen atoms in total. The standard InChI is InChI=1S/C24H26N4O3S/c1-3-15-25-32(30,31)16-18-9-11-19(12-10-18)26-24(29)23-21-5-4-6-22(21)28(27-23)20-13-7-17(2)8-14-20/h3,7-14,25H,1,4-6,15-16H2,2H3,(H,26,29). The maximum atomic E-state index is 13.0. The topological polar surface area (TPSA) is 93.1 Å². The van der Waals surface area contributed by atoms with Crippen LogP contribution in [-0.2, 0) is 28.6 Å². The van der Waals surface area contributed by atoms with Gasteiger partial charge in [-0.25, -0.2) is 17.8 Å². The van der Waals surface area contributed by atoms with Crippen LogP contribution in [-0.4, -0.2) is 30.7 Å². The molecule has 4 rings (SSSR count). The summed E-state index contributed by atoms with van der Waals surface area (Å²) >= 11 is 0. The van der Waals surface area contributed by atoms with Crippen LogP contribution in [0.1, 0.15) is 39.3 Å². The minimum absolute atomic E-state index is 0.135. The third-order valence-corrected chi connectivity index (χ3v) is 6.76. The lowest BCUT2D eigenvalue weighted by atomic mass is 10.1. The van der Waals surface area contributed by atoms with Crippen LogP contribution >= 0.6 is 0 Å². The average molecular weight is 451 g/mol. The molecule has 1 heterocycles. The number of nitrogens with one attached hydrogen (secondary N) is 2. The van der Waals surface area contributed by atoms with Crippen LogP contribution in [0.15, 0.2) is 61.2 Å². The number of anilines is 1. The molecule has 0 saturated heterocycles. The molecule has 0 spiro atoms. The van der Waals surface area contributed by atoms with Crippen LogP contribution in [0.2, 0.25) is 0 Å². The summed E-state index contributed by atoms with van der Waals surface area (Å²) in [6.07, 6.45) is 4.22. The number of hydrogen-bond acceptors (Lipinski definition) is 4. The van der Waals surface area contributed by atoms with E-state index in [4.69, 9.17) is 0 Å². The van der Waals surface area contributed by atoms with Crippen molar-refractivity contribution in [2.75, 3.05) is 11.9 Å². The Bertz CT molecular complexity index is 1240. The van der Waals surface area contributed by atoms with Gasteiger partial charge in [-0.3, -0.25) is 4.79 Å². The first-order chi connectivity index (χ1) is 15.4. The molecule has 2 N–H and O–H groups in total. The van der Waals surface area contributed by atoms with E-state index in [1.165, 1.54) is 11.6 Å². The highest BCUT2D eigenvalue weighted by molar-refractivity contribution is 7.88. The highest BCUT2D eigenvalue weighted by atomic mass is 32.2. The summed E-state index contributed by atoms with van der Waals surface area (Å²) in [6, 6.07) is 14.9. The molecule has 3 aromatic rings. The van der Waals surface area contributed by atoms with Gasteiger partial charge in [0.1, 0.15) is 0 Å². The number of aromatic nitrogens is 2. The average Bonchev–Trinajstić information content (AvgIpc) is 3.37. The number of sulfonamides is 1. The Morgan fingerprint density at radius 2 is 1.84 bits per heavy atom. The fraction of sp³-hybridized carbons (Fsp3) is 0.250. The number of carbonyl (C=O) groups is 1. The smallest absolute Gasteiger partial charge is 0.276 e. The third kappa shape index (κ3) is 4.81.